The molecule has 0 atom stereocenters. The Morgan fingerprint density at radius 2 is 2.00 bits per heavy atom. The van der Waals surface area contributed by atoms with Crippen molar-refractivity contribution < 1.29 is 9.59 Å². The zero-order valence-electron chi connectivity index (χ0n) is 8.67. The summed E-state index contributed by atoms with van der Waals surface area (Å²) in [6.07, 6.45) is 0.281. The first kappa shape index (κ1) is 12.9. The van der Waals surface area contributed by atoms with Crippen molar-refractivity contribution in [3.63, 3.8) is 0 Å². The van der Waals surface area contributed by atoms with E-state index in [0.29, 0.717) is 6.54 Å². The van der Waals surface area contributed by atoms with Crippen molar-refractivity contribution >= 4 is 11.9 Å². The summed E-state index contributed by atoms with van der Waals surface area (Å²) >= 11 is 0. The average molecular weight is 202 g/mol. The molecule has 0 aromatic carbocycles. The molecule has 0 aliphatic carbocycles. The highest BCUT2D eigenvalue weighted by Gasteiger charge is 2.05. The number of hydrogen-bond acceptors (Lipinski definition) is 4. The van der Waals surface area contributed by atoms with Crippen LogP contribution in [0.15, 0.2) is 0 Å². The molecule has 82 valence electrons. The number of hydrogen-bond donors (Lipinski definition) is 3. The van der Waals surface area contributed by atoms with Gasteiger partial charge in [0.15, 0.2) is 0 Å². The fourth-order valence-electron chi connectivity index (χ4n) is 0.907. The lowest BCUT2D eigenvalue weighted by molar-refractivity contribution is -0.120. The maximum Gasteiger partial charge on any atom is 0.318 e. The third kappa shape index (κ3) is 7.51. The Labute approximate surface area is 83.8 Å². The molecule has 0 aromatic heterocycles. The third-order valence-electron chi connectivity index (χ3n) is 1.73. The highest BCUT2D eigenvalue weighted by molar-refractivity contribution is 5.93. The number of amides is 3. The van der Waals surface area contributed by atoms with Gasteiger partial charge < -0.3 is 16.0 Å². The number of urea groups is 1. The van der Waals surface area contributed by atoms with Crippen LogP contribution in [-0.2, 0) is 4.79 Å². The highest BCUT2D eigenvalue weighted by Crippen LogP contribution is 1.86. The highest BCUT2D eigenvalue weighted by atomic mass is 16.2. The first-order valence-corrected chi connectivity index (χ1v) is 4.48. The molecule has 0 saturated heterocycles. The molecule has 0 bridgehead atoms. The summed E-state index contributed by atoms with van der Waals surface area (Å²) < 4.78 is 0. The van der Waals surface area contributed by atoms with Crippen LogP contribution in [0.25, 0.3) is 0 Å². The number of carbonyl (C=O) groups is 2. The van der Waals surface area contributed by atoms with Crippen LogP contribution in [0.3, 0.4) is 0 Å². The minimum Gasteiger partial charge on any atom is -0.351 e. The van der Waals surface area contributed by atoms with Gasteiger partial charge >= 0.3 is 6.03 Å². The van der Waals surface area contributed by atoms with Gasteiger partial charge in [0.1, 0.15) is 0 Å². The largest absolute Gasteiger partial charge is 0.351 e. The van der Waals surface area contributed by atoms with E-state index in [2.05, 4.69) is 5.32 Å². The predicted octanol–water partition coefficient (Wildman–Crippen LogP) is -1.28. The first-order valence-electron chi connectivity index (χ1n) is 4.48. The van der Waals surface area contributed by atoms with E-state index in [-0.39, 0.29) is 12.3 Å². The fourth-order valence-corrected chi connectivity index (χ4v) is 0.907. The summed E-state index contributed by atoms with van der Waals surface area (Å²) in [5, 5.41) is 5.01. The summed E-state index contributed by atoms with van der Waals surface area (Å²) in [6.45, 7) is 2.34. The second kappa shape index (κ2) is 7.28. The van der Waals surface area contributed by atoms with Gasteiger partial charge in [0, 0.05) is 26.1 Å². The van der Waals surface area contributed by atoms with E-state index >= 15 is 0 Å². The summed E-state index contributed by atoms with van der Waals surface area (Å²) in [7, 11) is 3.78. The molecule has 0 radical (unpaired) electrons. The van der Waals surface area contributed by atoms with Crippen LogP contribution in [0.5, 0.6) is 0 Å². The maximum atomic E-state index is 11.0. The van der Waals surface area contributed by atoms with Gasteiger partial charge in [0.05, 0.1) is 0 Å². The Bertz CT molecular complexity index is 196. The Morgan fingerprint density at radius 1 is 1.36 bits per heavy atom. The molecule has 0 aliphatic heterocycles. The number of imide groups is 1. The number of carbonyl (C=O) groups excluding carboxylic acids is 2. The molecular weight excluding hydrogens is 184 g/mol. The molecule has 0 aliphatic rings. The Morgan fingerprint density at radius 3 is 2.50 bits per heavy atom. The number of likely N-dealkylation sites (N-methyl/N-ethyl adjacent to an activating group) is 2. The Balaban J connectivity index is 3.50. The molecule has 3 amide bonds. The van der Waals surface area contributed by atoms with Gasteiger partial charge in [0.25, 0.3) is 0 Å². The van der Waals surface area contributed by atoms with E-state index in [1.54, 1.807) is 0 Å². The van der Waals surface area contributed by atoms with Crippen LogP contribution in [0.1, 0.15) is 6.42 Å². The quantitative estimate of drug-likeness (QED) is 0.501. The summed E-state index contributed by atoms with van der Waals surface area (Å²) in [5.41, 5.74) is 4.79. The monoisotopic (exact) mass is 202 g/mol. The molecule has 4 N–H and O–H groups in total. The van der Waals surface area contributed by atoms with Crippen molar-refractivity contribution in [2.24, 2.45) is 5.73 Å². The number of nitrogens with one attached hydrogen (secondary N) is 2. The van der Waals surface area contributed by atoms with E-state index in [4.69, 9.17) is 5.73 Å². The maximum absolute atomic E-state index is 11.0. The second-order valence-corrected chi connectivity index (χ2v) is 3.07. The van der Waals surface area contributed by atoms with Gasteiger partial charge in [0.2, 0.25) is 5.91 Å². The van der Waals surface area contributed by atoms with Crippen molar-refractivity contribution in [1.29, 1.82) is 0 Å². The lowest BCUT2D eigenvalue weighted by Gasteiger charge is -2.15. The number of nitrogens with two attached hydrogens (primary N) is 1. The fraction of sp³-hybridized carbons (Fsp3) is 0.750. The summed E-state index contributed by atoms with van der Waals surface area (Å²) in [6, 6.07) is -0.798. The Kier molecular flexibility index (Phi) is 6.69. The molecule has 0 saturated carbocycles. The lowest BCUT2D eigenvalue weighted by Crippen LogP contribution is -2.37. The van der Waals surface area contributed by atoms with Crippen LogP contribution < -0.4 is 16.4 Å². The van der Waals surface area contributed by atoms with Crippen LogP contribution in [0.2, 0.25) is 0 Å². The summed E-state index contributed by atoms with van der Waals surface area (Å²) in [5.74, 6) is -0.339. The third-order valence-corrected chi connectivity index (χ3v) is 1.73. The SMILES string of the molecule is CNCCN(C)CCC(=O)NC(N)=O. The lowest BCUT2D eigenvalue weighted by atomic mass is 10.3. The van der Waals surface area contributed by atoms with Crippen molar-refractivity contribution in [3.05, 3.63) is 0 Å². The Hall–Kier alpha value is -1.14. The number of nitrogens with zero attached hydrogens (tertiary/aromatic N) is 1. The van der Waals surface area contributed by atoms with Crippen LogP contribution in [0, 0.1) is 0 Å². The first-order chi connectivity index (χ1) is 6.56. The van der Waals surface area contributed by atoms with Gasteiger partial charge in [-0.2, -0.15) is 0 Å². The number of primary amides is 1. The van der Waals surface area contributed by atoms with E-state index < -0.39 is 6.03 Å². The molecule has 0 rings (SSSR count). The van der Waals surface area contributed by atoms with Crippen molar-refractivity contribution in [1.82, 2.24) is 15.5 Å². The van der Waals surface area contributed by atoms with E-state index in [1.165, 1.54) is 0 Å². The van der Waals surface area contributed by atoms with E-state index in [9.17, 15) is 9.59 Å². The molecule has 0 aromatic rings. The predicted molar refractivity (Wildman–Crippen MR) is 53.8 cm³/mol. The minimum atomic E-state index is -0.798. The topological polar surface area (TPSA) is 87.5 Å². The van der Waals surface area contributed by atoms with Gasteiger partial charge in [-0.3, -0.25) is 10.1 Å². The minimum absolute atomic E-state index is 0.281. The molecule has 0 fully saturated rings. The van der Waals surface area contributed by atoms with Crippen LogP contribution >= 0.6 is 0 Å². The molecule has 0 heterocycles. The van der Waals surface area contributed by atoms with Crippen molar-refractivity contribution in [2.75, 3.05) is 33.7 Å². The molecule has 0 spiro atoms. The normalized spacial score (nSPS) is 10.2. The van der Waals surface area contributed by atoms with E-state index in [0.717, 1.165) is 13.1 Å². The van der Waals surface area contributed by atoms with Gasteiger partial charge in [-0.1, -0.05) is 0 Å². The molecule has 14 heavy (non-hydrogen) atoms. The standard InChI is InChI=1S/C8H18N4O2/c1-10-4-6-12(2)5-3-7(13)11-8(9)14/h10H,3-6H2,1-2H3,(H3,9,11,13,14). The number of rotatable bonds is 6. The molecule has 0 unspecified atom stereocenters. The zero-order chi connectivity index (χ0) is 11.0. The van der Waals surface area contributed by atoms with Crippen molar-refractivity contribution in [3.8, 4) is 0 Å². The zero-order valence-corrected chi connectivity index (χ0v) is 8.67. The summed E-state index contributed by atoms with van der Waals surface area (Å²) in [4.78, 5) is 23.3. The van der Waals surface area contributed by atoms with Crippen LogP contribution in [-0.4, -0.2) is 50.6 Å². The average Bonchev–Trinajstić information content (AvgIpc) is 2.10. The second-order valence-electron chi connectivity index (χ2n) is 3.07. The smallest absolute Gasteiger partial charge is 0.318 e. The molecular formula is C8H18N4O2. The van der Waals surface area contributed by atoms with Gasteiger partial charge in [-0.05, 0) is 14.1 Å². The molecule has 6 nitrogen and oxygen atoms in total. The molecule has 6 heteroatoms. The van der Waals surface area contributed by atoms with Crippen LogP contribution in [0.4, 0.5) is 4.79 Å². The van der Waals surface area contributed by atoms with Crippen molar-refractivity contribution in [2.45, 2.75) is 6.42 Å². The van der Waals surface area contributed by atoms with Gasteiger partial charge in [-0.15, -0.1) is 0 Å². The van der Waals surface area contributed by atoms with Gasteiger partial charge in [-0.25, -0.2) is 4.79 Å². The van der Waals surface area contributed by atoms with E-state index in [1.807, 2.05) is 24.3 Å².